The molecule has 2 heterocycles. The molecule has 5 rings (SSSR count). The number of carbonyl (C=O) groups is 1. The molecule has 11 heteroatoms. The number of carboxylic acid groups (broad SMARTS) is 1. The smallest absolute Gasteiger partial charge is 0.335 e. The van der Waals surface area contributed by atoms with Gasteiger partial charge in [0, 0.05) is 24.7 Å². The zero-order chi connectivity index (χ0) is 26.9. The lowest BCUT2D eigenvalue weighted by Gasteiger charge is -2.38. The van der Waals surface area contributed by atoms with Crippen LogP contribution in [-0.2, 0) is 10.0 Å². The van der Waals surface area contributed by atoms with Crippen molar-refractivity contribution < 1.29 is 23.1 Å². The molecule has 1 aliphatic heterocycles. The fourth-order valence-electron chi connectivity index (χ4n) is 5.74. The summed E-state index contributed by atoms with van der Waals surface area (Å²) in [5.74, 6) is -1.07. The van der Waals surface area contributed by atoms with Gasteiger partial charge in [-0.2, -0.15) is 4.98 Å². The summed E-state index contributed by atoms with van der Waals surface area (Å²) in [6.07, 6.45) is 5.64. The molecule has 1 spiro atoms. The Bertz CT molecular complexity index is 1450. The van der Waals surface area contributed by atoms with Crippen LogP contribution in [-0.4, -0.2) is 48.7 Å². The number of aromatic carboxylic acids is 1. The highest BCUT2D eigenvalue weighted by molar-refractivity contribution is 7.92. The van der Waals surface area contributed by atoms with E-state index in [1.54, 1.807) is 6.07 Å². The number of rotatable bonds is 7. The number of aromatic nitrogens is 2. The SMILES string of the molecule is Cc1cccc(C)c1-c1cc(OC2CNCC3(CCCC3)C2)nc(NS(=O)(=O)c2cccc(C(=O)O)c2)n1.Cl. The second kappa shape index (κ2) is 11.5. The second-order valence-electron chi connectivity index (χ2n) is 10.4. The molecule has 1 saturated heterocycles. The highest BCUT2D eigenvalue weighted by Crippen LogP contribution is 2.43. The van der Waals surface area contributed by atoms with Crippen LogP contribution < -0.4 is 14.8 Å². The fraction of sp³-hybridized carbons (Fsp3) is 0.393. The summed E-state index contributed by atoms with van der Waals surface area (Å²) in [6, 6.07) is 12.8. The maximum Gasteiger partial charge on any atom is 0.335 e. The largest absolute Gasteiger partial charge is 0.478 e. The fourth-order valence-corrected chi connectivity index (χ4v) is 6.73. The van der Waals surface area contributed by atoms with Crippen LogP contribution in [0.4, 0.5) is 5.95 Å². The molecule has 2 fully saturated rings. The normalized spacial score (nSPS) is 18.4. The molecule has 3 N–H and O–H groups in total. The molecule has 9 nitrogen and oxygen atoms in total. The highest BCUT2D eigenvalue weighted by Gasteiger charge is 2.39. The van der Waals surface area contributed by atoms with E-state index in [4.69, 9.17) is 4.74 Å². The molecule has 1 atom stereocenters. The predicted molar refractivity (Wildman–Crippen MR) is 151 cm³/mol. The van der Waals surface area contributed by atoms with Crippen LogP contribution in [0.15, 0.2) is 53.4 Å². The van der Waals surface area contributed by atoms with Crippen molar-refractivity contribution in [3.05, 3.63) is 65.2 Å². The van der Waals surface area contributed by atoms with E-state index in [9.17, 15) is 18.3 Å². The summed E-state index contributed by atoms with van der Waals surface area (Å²) < 4.78 is 35.2. The van der Waals surface area contributed by atoms with Crippen molar-refractivity contribution in [2.24, 2.45) is 5.41 Å². The minimum absolute atomic E-state index is 0. The van der Waals surface area contributed by atoms with Crippen molar-refractivity contribution in [3.8, 4) is 17.1 Å². The number of hydrogen-bond donors (Lipinski definition) is 3. The van der Waals surface area contributed by atoms with E-state index >= 15 is 0 Å². The summed E-state index contributed by atoms with van der Waals surface area (Å²) in [4.78, 5) is 20.1. The summed E-state index contributed by atoms with van der Waals surface area (Å²) in [6.45, 7) is 5.63. The Morgan fingerprint density at radius 1 is 1.08 bits per heavy atom. The Labute approximate surface area is 234 Å². The van der Waals surface area contributed by atoms with Crippen LogP contribution in [0.5, 0.6) is 5.88 Å². The van der Waals surface area contributed by atoms with Gasteiger partial charge < -0.3 is 15.2 Å². The van der Waals surface area contributed by atoms with E-state index in [1.165, 1.54) is 43.9 Å². The number of benzene rings is 2. The molecule has 1 aromatic heterocycles. The van der Waals surface area contributed by atoms with Crippen LogP contribution in [0, 0.1) is 19.3 Å². The van der Waals surface area contributed by atoms with Gasteiger partial charge in [0.25, 0.3) is 10.0 Å². The number of carboxylic acids is 1. The van der Waals surface area contributed by atoms with Gasteiger partial charge in [-0.25, -0.2) is 22.9 Å². The number of sulfonamides is 1. The van der Waals surface area contributed by atoms with Crippen molar-refractivity contribution >= 4 is 34.3 Å². The molecule has 0 radical (unpaired) electrons. The van der Waals surface area contributed by atoms with E-state index in [0.717, 1.165) is 35.7 Å². The molecule has 1 unspecified atom stereocenters. The quantitative estimate of drug-likeness (QED) is 0.361. The third kappa shape index (κ3) is 6.34. The summed E-state index contributed by atoms with van der Waals surface area (Å²) in [7, 11) is -4.16. The number of halogens is 1. The number of hydrogen-bond acceptors (Lipinski definition) is 7. The number of aryl methyl sites for hydroxylation is 2. The highest BCUT2D eigenvalue weighted by atomic mass is 35.5. The van der Waals surface area contributed by atoms with Gasteiger partial charge in [0.15, 0.2) is 0 Å². The lowest BCUT2D eigenvalue weighted by atomic mass is 9.78. The maximum atomic E-state index is 13.2. The summed E-state index contributed by atoms with van der Waals surface area (Å²) in [5.41, 5.74) is 3.51. The lowest BCUT2D eigenvalue weighted by Crippen LogP contribution is -2.47. The van der Waals surface area contributed by atoms with Crippen molar-refractivity contribution in [2.75, 3.05) is 17.8 Å². The average Bonchev–Trinajstić information content (AvgIpc) is 3.31. The van der Waals surface area contributed by atoms with Crippen LogP contribution in [0.3, 0.4) is 0 Å². The number of anilines is 1. The van der Waals surface area contributed by atoms with Gasteiger partial charge in [-0.15, -0.1) is 12.4 Å². The topological polar surface area (TPSA) is 131 Å². The predicted octanol–water partition coefficient (Wildman–Crippen LogP) is 4.98. The lowest BCUT2D eigenvalue weighted by molar-refractivity contribution is 0.0696. The van der Waals surface area contributed by atoms with Crippen LogP contribution in [0.2, 0.25) is 0 Å². The summed E-state index contributed by atoms with van der Waals surface area (Å²) >= 11 is 0. The molecule has 1 saturated carbocycles. The van der Waals surface area contributed by atoms with E-state index < -0.39 is 16.0 Å². The van der Waals surface area contributed by atoms with Crippen LogP contribution in [0.1, 0.15) is 53.6 Å². The first kappa shape index (κ1) is 28.8. The van der Waals surface area contributed by atoms with Gasteiger partial charge in [-0.3, -0.25) is 0 Å². The molecular formula is C28H33ClN4O5S. The first-order valence-electron chi connectivity index (χ1n) is 12.8. The molecule has 1 aliphatic carbocycles. The van der Waals surface area contributed by atoms with Gasteiger partial charge in [0.05, 0.1) is 16.2 Å². The first-order chi connectivity index (χ1) is 18.1. The number of nitrogens with one attached hydrogen (secondary N) is 2. The Hall–Kier alpha value is -3.21. The molecule has 2 aliphatic rings. The third-order valence-electron chi connectivity index (χ3n) is 7.54. The van der Waals surface area contributed by atoms with E-state index in [-0.39, 0.29) is 46.2 Å². The van der Waals surface area contributed by atoms with E-state index in [2.05, 4.69) is 20.0 Å². The van der Waals surface area contributed by atoms with Gasteiger partial charge in [-0.1, -0.05) is 37.1 Å². The van der Waals surface area contributed by atoms with Crippen molar-refractivity contribution in [2.45, 2.75) is 57.0 Å². The Morgan fingerprint density at radius 3 is 2.46 bits per heavy atom. The molecule has 0 bridgehead atoms. The molecule has 2 aromatic carbocycles. The standard InChI is InChI=1S/C28H32N4O5S.ClH/c1-18-7-5-8-19(2)25(18)23-14-24(37-21-15-28(17-29-16-21)11-3-4-12-28)31-27(30-23)32-38(35,36)22-10-6-9-20(13-22)26(33)34;/h5-10,13-14,21,29H,3-4,11-12,15-17H2,1-2H3,(H,33,34)(H,30,31,32);1H. The van der Waals surface area contributed by atoms with Crippen molar-refractivity contribution in [1.82, 2.24) is 15.3 Å². The average molecular weight is 573 g/mol. The Balaban J connectivity index is 0.00000353. The van der Waals surface area contributed by atoms with Crippen molar-refractivity contribution in [1.29, 1.82) is 0 Å². The van der Waals surface area contributed by atoms with Gasteiger partial charge >= 0.3 is 5.97 Å². The molecule has 3 aromatic rings. The minimum Gasteiger partial charge on any atom is -0.478 e. The zero-order valence-corrected chi connectivity index (χ0v) is 23.6. The first-order valence-corrected chi connectivity index (χ1v) is 14.3. The Kier molecular flexibility index (Phi) is 8.48. The van der Waals surface area contributed by atoms with Gasteiger partial charge in [0.2, 0.25) is 11.8 Å². The van der Waals surface area contributed by atoms with Crippen molar-refractivity contribution in [3.63, 3.8) is 0 Å². The molecule has 0 amide bonds. The number of piperidine rings is 1. The van der Waals surface area contributed by atoms with Crippen LogP contribution in [0.25, 0.3) is 11.3 Å². The number of nitrogens with zero attached hydrogens (tertiary/aromatic N) is 2. The molecule has 208 valence electrons. The third-order valence-corrected chi connectivity index (χ3v) is 8.87. The van der Waals surface area contributed by atoms with Crippen LogP contribution >= 0.6 is 12.4 Å². The maximum absolute atomic E-state index is 13.2. The monoisotopic (exact) mass is 572 g/mol. The van der Waals surface area contributed by atoms with E-state index in [0.29, 0.717) is 12.2 Å². The molecular weight excluding hydrogens is 540 g/mol. The minimum atomic E-state index is -4.16. The zero-order valence-electron chi connectivity index (χ0n) is 21.9. The second-order valence-corrected chi connectivity index (χ2v) is 12.1. The van der Waals surface area contributed by atoms with E-state index in [1.807, 2.05) is 32.0 Å². The van der Waals surface area contributed by atoms with Gasteiger partial charge in [0.1, 0.15) is 6.10 Å². The number of ether oxygens (including phenoxy) is 1. The summed E-state index contributed by atoms with van der Waals surface area (Å²) in [5, 5.41) is 12.8. The Morgan fingerprint density at radius 2 is 1.77 bits per heavy atom. The van der Waals surface area contributed by atoms with Gasteiger partial charge in [-0.05, 0) is 67.9 Å². The molecule has 39 heavy (non-hydrogen) atoms.